The molecule has 1 N–H and O–H groups in total. The first kappa shape index (κ1) is 14.2. The van der Waals surface area contributed by atoms with Gasteiger partial charge in [0.2, 0.25) is 0 Å². The van der Waals surface area contributed by atoms with E-state index >= 15 is 0 Å². The third kappa shape index (κ3) is 3.23. The molecule has 3 heteroatoms. The van der Waals surface area contributed by atoms with E-state index in [-0.39, 0.29) is 11.9 Å². The summed E-state index contributed by atoms with van der Waals surface area (Å²) in [6.45, 7) is 7.21. The maximum absolute atomic E-state index is 14.1. The molecule has 0 amide bonds. The molecule has 102 valence electrons. The Labute approximate surface area is 118 Å². The minimum Gasteiger partial charge on any atom is -0.306 e. The van der Waals surface area contributed by atoms with E-state index in [1.807, 2.05) is 12.1 Å². The monoisotopic (exact) mass is 277 g/mol. The Morgan fingerprint density at radius 2 is 1.95 bits per heavy atom. The zero-order valence-corrected chi connectivity index (χ0v) is 12.5. The van der Waals surface area contributed by atoms with Crippen LogP contribution in [0.15, 0.2) is 30.3 Å². The largest absolute Gasteiger partial charge is 0.306 e. The summed E-state index contributed by atoms with van der Waals surface area (Å²) in [6, 6.07) is 9.15. The van der Waals surface area contributed by atoms with Crippen LogP contribution in [-0.2, 0) is 0 Å². The maximum Gasteiger partial charge on any atom is 0.128 e. The molecule has 0 radical (unpaired) electrons. The predicted molar refractivity (Wildman–Crippen MR) is 80.3 cm³/mol. The molecule has 0 saturated heterocycles. The van der Waals surface area contributed by atoms with Gasteiger partial charge in [0.25, 0.3) is 0 Å². The van der Waals surface area contributed by atoms with E-state index in [2.05, 4.69) is 32.2 Å². The van der Waals surface area contributed by atoms with E-state index in [0.717, 1.165) is 18.5 Å². The number of hydrogen-bond acceptors (Lipinski definition) is 2. The predicted octanol–water partition coefficient (Wildman–Crippen LogP) is 4.59. The van der Waals surface area contributed by atoms with Crippen molar-refractivity contribution < 1.29 is 4.39 Å². The summed E-state index contributed by atoms with van der Waals surface area (Å²) in [6.07, 6.45) is 1.03. The molecule has 1 atom stereocenters. The summed E-state index contributed by atoms with van der Waals surface area (Å²) in [5.74, 6) is -0.139. The average Bonchev–Trinajstić information content (AvgIpc) is 2.71. The molecule has 0 fully saturated rings. The van der Waals surface area contributed by atoms with Gasteiger partial charge in [0.1, 0.15) is 5.82 Å². The topological polar surface area (TPSA) is 12.0 Å². The second kappa shape index (κ2) is 6.31. The molecule has 0 aliphatic heterocycles. The minimum absolute atomic E-state index is 0.0499. The van der Waals surface area contributed by atoms with Crippen LogP contribution in [0.3, 0.4) is 0 Å². The van der Waals surface area contributed by atoms with E-state index in [9.17, 15) is 4.39 Å². The molecule has 1 heterocycles. The van der Waals surface area contributed by atoms with Gasteiger partial charge in [0.05, 0.1) is 6.04 Å². The van der Waals surface area contributed by atoms with Crippen LogP contribution in [0.25, 0.3) is 0 Å². The van der Waals surface area contributed by atoms with E-state index in [4.69, 9.17) is 0 Å². The van der Waals surface area contributed by atoms with Gasteiger partial charge in [-0.15, -0.1) is 11.3 Å². The first-order valence-corrected chi connectivity index (χ1v) is 7.50. The Kier molecular flexibility index (Phi) is 4.72. The van der Waals surface area contributed by atoms with Gasteiger partial charge in [-0.3, -0.25) is 0 Å². The first-order chi connectivity index (χ1) is 9.13. The third-order valence-electron chi connectivity index (χ3n) is 3.21. The van der Waals surface area contributed by atoms with Crippen LogP contribution in [0, 0.1) is 19.7 Å². The highest BCUT2D eigenvalue weighted by Gasteiger charge is 2.20. The SMILES string of the molecule is CCCNC(c1ccccc1F)c1cc(C)sc1C. The maximum atomic E-state index is 14.1. The molecular weight excluding hydrogens is 257 g/mol. The van der Waals surface area contributed by atoms with Crippen LogP contribution in [0.5, 0.6) is 0 Å². The lowest BCUT2D eigenvalue weighted by molar-refractivity contribution is 0.546. The molecule has 0 aliphatic carbocycles. The van der Waals surface area contributed by atoms with E-state index in [0.29, 0.717) is 0 Å². The van der Waals surface area contributed by atoms with Crippen molar-refractivity contribution in [2.75, 3.05) is 6.54 Å². The van der Waals surface area contributed by atoms with Crippen LogP contribution in [0.4, 0.5) is 4.39 Å². The van der Waals surface area contributed by atoms with Crippen molar-refractivity contribution in [3.05, 3.63) is 57.0 Å². The van der Waals surface area contributed by atoms with Crippen molar-refractivity contribution in [3.8, 4) is 0 Å². The van der Waals surface area contributed by atoms with Crippen molar-refractivity contribution in [2.24, 2.45) is 0 Å². The quantitative estimate of drug-likeness (QED) is 0.842. The normalized spacial score (nSPS) is 12.6. The second-order valence-corrected chi connectivity index (χ2v) is 6.24. The highest BCUT2D eigenvalue weighted by molar-refractivity contribution is 7.12. The number of aryl methyl sites for hydroxylation is 2. The molecule has 19 heavy (non-hydrogen) atoms. The first-order valence-electron chi connectivity index (χ1n) is 6.68. The summed E-state index contributed by atoms with van der Waals surface area (Å²) >= 11 is 1.77. The molecule has 0 saturated carbocycles. The molecule has 1 aromatic heterocycles. The summed E-state index contributed by atoms with van der Waals surface area (Å²) in [4.78, 5) is 2.53. The van der Waals surface area contributed by atoms with Crippen molar-refractivity contribution >= 4 is 11.3 Å². The fourth-order valence-corrected chi connectivity index (χ4v) is 3.29. The molecule has 1 nitrogen and oxygen atoms in total. The molecule has 1 unspecified atom stereocenters. The van der Waals surface area contributed by atoms with Gasteiger partial charge >= 0.3 is 0 Å². The van der Waals surface area contributed by atoms with Gasteiger partial charge in [0, 0.05) is 15.3 Å². The summed E-state index contributed by atoms with van der Waals surface area (Å²) in [5, 5.41) is 3.46. The van der Waals surface area contributed by atoms with Crippen molar-refractivity contribution in [2.45, 2.75) is 33.2 Å². The number of nitrogens with one attached hydrogen (secondary N) is 1. The number of thiophene rings is 1. The second-order valence-electron chi connectivity index (χ2n) is 4.78. The van der Waals surface area contributed by atoms with Crippen molar-refractivity contribution in [3.63, 3.8) is 0 Å². The average molecular weight is 277 g/mol. The van der Waals surface area contributed by atoms with E-state index < -0.39 is 0 Å². The van der Waals surface area contributed by atoms with Gasteiger partial charge < -0.3 is 5.32 Å². The zero-order valence-electron chi connectivity index (χ0n) is 11.7. The fraction of sp³-hybridized carbons (Fsp3) is 0.375. The van der Waals surface area contributed by atoms with E-state index in [1.54, 1.807) is 17.4 Å². The van der Waals surface area contributed by atoms with Crippen LogP contribution in [0.2, 0.25) is 0 Å². The highest BCUT2D eigenvalue weighted by Crippen LogP contribution is 2.31. The van der Waals surface area contributed by atoms with Crippen LogP contribution in [0.1, 0.15) is 40.3 Å². The number of halogens is 1. The summed E-state index contributed by atoms with van der Waals surface area (Å²) < 4.78 is 14.1. The Morgan fingerprint density at radius 3 is 2.53 bits per heavy atom. The summed E-state index contributed by atoms with van der Waals surface area (Å²) in [7, 11) is 0. The Bertz CT molecular complexity index is 547. The highest BCUT2D eigenvalue weighted by atomic mass is 32.1. The third-order valence-corrected chi connectivity index (χ3v) is 4.19. The Hall–Kier alpha value is -1.19. The van der Waals surface area contributed by atoms with Gasteiger partial charge in [0.15, 0.2) is 0 Å². The number of benzene rings is 1. The number of hydrogen-bond donors (Lipinski definition) is 1. The minimum atomic E-state index is -0.139. The molecule has 0 bridgehead atoms. The van der Waals surface area contributed by atoms with Crippen molar-refractivity contribution in [1.82, 2.24) is 5.32 Å². The van der Waals surface area contributed by atoms with Crippen molar-refractivity contribution in [1.29, 1.82) is 0 Å². The Balaban J connectivity index is 2.41. The summed E-state index contributed by atoms with van der Waals surface area (Å²) in [5.41, 5.74) is 1.93. The lowest BCUT2D eigenvalue weighted by atomic mass is 9.98. The fourth-order valence-electron chi connectivity index (χ4n) is 2.32. The molecule has 2 aromatic rings. The molecule has 0 spiro atoms. The number of rotatable bonds is 5. The lowest BCUT2D eigenvalue weighted by Gasteiger charge is -2.20. The molecule has 1 aromatic carbocycles. The Morgan fingerprint density at radius 1 is 1.21 bits per heavy atom. The van der Waals surface area contributed by atoms with Crippen LogP contribution in [-0.4, -0.2) is 6.54 Å². The zero-order chi connectivity index (χ0) is 13.8. The smallest absolute Gasteiger partial charge is 0.128 e. The van der Waals surface area contributed by atoms with Gasteiger partial charge in [-0.1, -0.05) is 25.1 Å². The van der Waals surface area contributed by atoms with Gasteiger partial charge in [-0.2, -0.15) is 0 Å². The van der Waals surface area contributed by atoms with Gasteiger partial charge in [-0.05, 0) is 44.5 Å². The molecule has 2 rings (SSSR count). The lowest BCUT2D eigenvalue weighted by Crippen LogP contribution is -2.24. The van der Waals surface area contributed by atoms with E-state index in [1.165, 1.54) is 21.4 Å². The van der Waals surface area contributed by atoms with Crippen LogP contribution < -0.4 is 5.32 Å². The standard InChI is InChI=1S/C16H20FNS/c1-4-9-18-16(13-7-5-6-8-15(13)17)14-10-11(2)19-12(14)3/h5-8,10,16,18H,4,9H2,1-3H3. The van der Waals surface area contributed by atoms with Gasteiger partial charge in [-0.25, -0.2) is 4.39 Å². The van der Waals surface area contributed by atoms with Crippen LogP contribution >= 0.6 is 11.3 Å². The molecular formula is C16H20FNS. The molecule has 0 aliphatic rings.